The highest BCUT2D eigenvalue weighted by molar-refractivity contribution is 9.10. The highest BCUT2D eigenvalue weighted by atomic mass is 79.9. The maximum atomic E-state index is 11.4. The summed E-state index contributed by atoms with van der Waals surface area (Å²) in [5.41, 5.74) is 6.29. The lowest BCUT2D eigenvalue weighted by Gasteiger charge is -2.04. The second-order valence-corrected chi connectivity index (χ2v) is 4.65. The number of halogens is 2. The van der Waals surface area contributed by atoms with Gasteiger partial charge in [-0.15, -0.1) is 0 Å². The van der Waals surface area contributed by atoms with Crippen molar-refractivity contribution in [3.05, 3.63) is 49.7 Å². The first-order valence-electron chi connectivity index (χ1n) is 4.55. The highest BCUT2D eigenvalue weighted by Gasteiger charge is 2.03. The molecule has 2 aromatic rings. The van der Waals surface area contributed by atoms with E-state index in [-0.39, 0.29) is 5.56 Å². The summed E-state index contributed by atoms with van der Waals surface area (Å²) in [4.78, 5) is 11.4. The number of aromatic nitrogens is 2. The predicted molar refractivity (Wildman–Crippen MR) is 67.7 cm³/mol. The van der Waals surface area contributed by atoms with Gasteiger partial charge in [-0.25, -0.2) is 4.68 Å². The summed E-state index contributed by atoms with van der Waals surface area (Å²) in [7, 11) is 0. The van der Waals surface area contributed by atoms with Crippen molar-refractivity contribution in [2.24, 2.45) is 0 Å². The molecule has 0 amide bonds. The molecule has 0 spiro atoms. The lowest BCUT2D eigenvalue weighted by molar-refractivity contribution is 0.666. The van der Waals surface area contributed by atoms with Gasteiger partial charge in [0.05, 0.1) is 11.6 Å². The number of aromatic amines is 1. The van der Waals surface area contributed by atoms with Crippen LogP contribution in [0.4, 0.5) is 5.82 Å². The van der Waals surface area contributed by atoms with Gasteiger partial charge in [0.25, 0.3) is 5.56 Å². The summed E-state index contributed by atoms with van der Waals surface area (Å²) in [5.74, 6) is 0.359. The monoisotopic (exact) mass is 301 g/mol. The maximum absolute atomic E-state index is 11.4. The molecule has 0 atom stereocenters. The first-order chi connectivity index (χ1) is 7.56. The molecule has 0 saturated heterocycles. The Bertz CT molecular complexity index is 576. The first-order valence-corrected chi connectivity index (χ1v) is 5.72. The molecule has 4 nitrogen and oxygen atoms in total. The molecule has 0 aliphatic carbocycles. The van der Waals surface area contributed by atoms with Crippen LogP contribution in [-0.2, 0) is 6.54 Å². The van der Waals surface area contributed by atoms with Crippen LogP contribution in [0.15, 0.2) is 33.5 Å². The summed E-state index contributed by atoms with van der Waals surface area (Å²) in [6.45, 7) is 0.436. The molecule has 1 aromatic carbocycles. The average Bonchev–Trinajstić information content (AvgIpc) is 2.51. The minimum absolute atomic E-state index is 0.149. The van der Waals surface area contributed by atoms with Crippen molar-refractivity contribution in [2.45, 2.75) is 6.54 Å². The van der Waals surface area contributed by atoms with Crippen LogP contribution in [0, 0.1) is 0 Å². The summed E-state index contributed by atoms with van der Waals surface area (Å²) < 4.78 is 2.24. The molecule has 2 rings (SSSR count). The van der Waals surface area contributed by atoms with Crippen LogP contribution in [0.5, 0.6) is 0 Å². The smallest absolute Gasteiger partial charge is 0.268 e. The van der Waals surface area contributed by atoms with Crippen molar-refractivity contribution in [3.63, 3.8) is 0 Å². The Morgan fingerprint density at radius 2 is 2.19 bits per heavy atom. The topological polar surface area (TPSA) is 63.8 Å². The van der Waals surface area contributed by atoms with E-state index in [4.69, 9.17) is 17.3 Å². The quantitative estimate of drug-likeness (QED) is 0.893. The normalized spacial score (nSPS) is 10.6. The number of rotatable bonds is 2. The van der Waals surface area contributed by atoms with Gasteiger partial charge < -0.3 is 5.73 Å². The molecule has 6 heteroatoms. The zero-order chi connectivity index (χ0) is 11.7. The fourth-order valence-electron chi connectivity index (χ4n) is 1.39. The van der Waals surface area contributed by atoms with Crippen molar-refractivity contribution in [3.8, 4) is 0 Å². The number of benzene rings is 1. The molecule has 0 radical (unpaired) electrons. The van der Waals surface area contributed by atoms with E-state index in [0.717, 1.165) is 10.0 Å². The number of anilines is 1. The van der Waals surface area contributed by atoms with Gasteiger partial charge in [0.15, 0.2) is 0 Å². The number of nitrogens with zero attached hydrogens (tertiary/aromatic N) is 1. The van der Waals surface area contributed by atoms with Gasteiger partial charge in [-0.1, -0.05) is 17.7 Å². The fraction of sp³-hybridized carbons (Fsp3) is 0.100. The minimum atomic E-state index is -0.149. The van der Waals surface area contributed by atoms with E-state index in [0.29, 0.717) is 17.4 Å². The molecule has 0 fully saturated rings. The van der Waals surface area contributed by atoms with E-state index >= 15 is 0 Å². The van der Waals surface area contributed by atoms with Crippen molar-refractivity contribution in [1.29, 1.82) is 0 Å². The van der Waals surface area contributed by atoms with Crippen LogP contribution < -0.4 is 11.3 Å². The van der Waals surface area contributed by atoms with Gasteiger partial charge in [-0.2, -0.15) is 0 Å². The second-order valence-electron chi connectivity index (χ2n) is 3.38. The third-order valence-electron chi connectivity index (χ3n) is 2.13. The molecule has 0 saturated carbocycles. The molecule has 0 bridgehead atoms. The summed E-state index contributed by atoms with van der Waals surface area (Å²) >= 11 is 9.20. The maximum Gasteiger partial charge on any atom is 0.268 e. The van der Waals surface area contributed by atoms with Gasteiger partial charge in [-0.3, -0.25) is 9.89 Å². The lowest BCUT2D eigenvalue weighted by atomic mass is 10.2. The molecule has 84 valence electrons. The number of nitrogen functional groups attached to an aromatic ring is 1. The van der Waals surface area contributed by atoms with Crippen molar-refractivity contribution < 1.29 is 0 Å². The molecule has 1 heterocycles. The van der Waals surface area contributed by atoms with E-state index < -0.39 is 0 Å². The third-order valence-corrected chi connectivity index (χ3v) is 3.35. The molecule has 3 N–H and O–H groups in total. The highest BCUT2D eigenvalue weighted by Crippen LogP contribution is 2.23. The Morgan fingerprint density at radius 3 is 2.75 bits per heavy atom. The van der Waals surface area contributed by atoms with E-state index in [2.05, 4.69) is 21.0 Å². The second kappa shape index (κ2) is 4.35. The number of H-pyrrole nitrogens is 1. The number of hydrogen-bond acceptors (Lipinski definition) is 2. The number of nitrogens with two attached hydrogens (primary N) is 1. The summed E-state index contributed by atoms with van der Waals surface area (Å²) in [6.07, 6.45) is 0. The Kier molecular flexibility index (Phi) is 3.07. The number of hydrogen-bond donors (Lipinski definition) is 2. The molecule has 0 aliphatic rings. The molecule has 1 aromatic heterocycles. The van der Waals surface area contributed by atoms with Gasteiger partial charge in [0.2, 0.25) is 0 Å². The van der Waals surface area contributed by atoms with Crippen molar-refractivity contribution in [1.82, 2.24) is 9.78 Å². The zero-order valence-corrected chi connectivity index (χ0v) is 10.5. The van der Waals surface area contributed by atoms with Crippen LogP contribution in [-0.4, -0.2) is 9.78 Å². The van der Waals surface area contributed by atoms with Crippen LogP contribution in [0.3, 0.4) is 0 Å². The fourth-order valence-corrected chi connectivity index (χ4v) is 1.94. The molecule has 0 aliphatic heterocycles. The van der Waals surface area contributed by atoms with Gasteiger partial charge in [0.1, 0.15) is 5.82 Å². The van der Waals surface area contributed by atoms with Crippen LogP contribution in [0.25, 0.3) is 0 Å². The van der Waals surface area contributed by atoms with Crippen LogP contribution >= 0.6 is 27.5 Å². The first kappa shape index (κ1) is 11.3. The SMILES string of the molecule is Nc1cc(=O)n(Cc2ccc(Cl)c(Br)c2)[nH]1. The van der Waals surface area contributed by atoms with Crippen molar-refractivity contribution >= 4 is 33.3 Å². The van der Waals surface area contributed by atoms with Gasteiger partial charge >= 0.3 is 0 Å². The van der Waals surface area contributed by atoms with Gasteiger partial charge in [0, 0.05) is 10.5 Å². The van der Waals surface area contributed by atoms with E-state index in [9.17, 15) is 4.79 Å². The largest absolute Gasteiger partial charge is 0.384 e. The van der Waals surface area contributed by atoms with E-state index in [1.165, 1.54) is 10.7 Å². The van der Waals surface area contributed by atoms with Gasteiger partial charge in [-0.05, 0) is 33.6 Å². The molecular weight excluding hydrogens is 293 g/mol. The standard InChI is InChI=1S/C10H9BrClN3O/c11-7-3-6(1-2-8(7)12)5-15-10(16)4-9(13)14-15/h1-4,14H,5,13H2. The molecular formula is C10H9BrClN3O. The Hall–Kier alpha value is -1.20. The van der Waals surface area contributed by atoms with Crippen LogP contribution in [0.1, 0.15) is 5.56 Å². The Labute approximate surface area is 105 Å². The average molecular weight is 303 g/mol. The van der Waals surface area contributed by atoms with E-state index in [1.807, 2.05) is 12.1 Å². The summed E-state index contributed by atoms with van der Waals surface area (Å²) in [6, 6.07) is 6.85. The third kappa shape index (κ3) is 2.31. The Balaban J connectivity index is 2.30. The zero-order valence-electron chi connectivity index (χ0n) is 8.21. The molecule has 0 unspecified atom stereocenters. The lowest BCUT2D eigenvalue weighted by Crippen LogP contribution is -2.16. The molecule has 16 heavy (non-hydrogen) atoms. The summed E-state index contributed by atoms with van der Waals surface area (Å²) in [5, 5.41) is 3.40. The minimum Gasteiger partial charge on any atom is -0.384 e. The van der Waals surface area contributed by atoms with Crippen LogP contribution in [0.2, 0.25) is 5.02 Å². The van der Waals surface area contributed by atoms with E-state index in [1.54, 1.807) is 6.07 Å². The Morgan fingerprint density at radius 1 is 1.44 bits per heavy atom. The number of nitrogens with one attached hydrogen (secondary N) is 1. The van der Waals surface area contributed by atoms with Crippen molar-refractivity contribution in [2.75, 3.05) is 5.73 Å². The predicted octanol–water partition coefficient (Wildman–Crippen LogP) is 2.22.